The van der Waals surface area contributed by atoms with Crippen molar-refractivity contribution in [2.24, 2.45) is 0 Å². The number of nitrogen functional groups attached to an aromatic ring is 1. The smallest absolute Gasteiger partial charge is 0.292 e. The summed E-state index contributed by atoms with van der Waals surface area (Å²) in [5, 5.41) is 8.92. The lowest BCUT2D eigenvalue weighted by Crippen LogP contribution is -1.81. The highest BCUT2D eigenvalue weighted by Gasteiger charge is 2.05. The Bertz CT molecular complexity index is 408. The van der Waals surface area contributed by atoms with Crippen molar-refractivity contribution < 1.29 is 9.52 Å². The second-order valence-corrected chi connectivity index (χ2v) is 2.48. The van der Waals surface area contributed by atoms with E-state index >= 15 is 0 Å². The lowest BCUT2D eigenvalue weighted by atomic mass is 10.2. The number of hydrogen-bond donors (Lipinski definition) is 2. The van der Waals surface area contributed by atoms with E-state index in [1.165, 1.54) is 0 Å². The average Bonchev–Trinajstić information content (AvgIpc) is 2.44. The van der Waals surface area contributed by atoms with E-state index in [0.29, 0.717) is 16.7 Å². The highest BCUT2D eigenvalue weighted by Crippen LogP contribution is 2.20. The molecule has 0 bridgehead atoms. The summed E-state index contributed by atoms with van der Waals surface area (Å²) in [6.07, 6.45) is 0. The van der Waals surface area contributed by atoms with Crippen LogP contribution in [0.15, 0.2) is 22.6 Å². The summed E-state index contributed by atoms with van der Waals surface area (Å²) in [5.41, 5.74) is 7.31. The number of anilines is 1. The van der Waals surface area contributed by atoms with E-state index in [-0.39, 0.29) is 12.6 Å². The van der Waals surface area contributed by atoms with Crippen LogP contribution in [0.25, 0.3) is 11.1 Å². The Hall–Kier alpha value is -1.55. The van der Waals surface area contributed by atoms with Crippen LogP contribution in [0.2, 0.25) is 0 Å². The van der Waals surface area contributed by atoms with Gasteiger partial charge in [0.2, 0.25) is 0 Å². The highest BCUT2D eigenvalue weighted by molar-refractivity contribution is 5.77. The molecule has 0 saturated carbocycles. The van der Waals surface area contributed by atoms with Crippen molar-refractivity contribution in [3.63, 3.8) is 0 Å². The van der Waals surface area contributed by atoms with Crippen molar-refractivity contribution in [2.75, 3.05) is 5.73 Å². The van der Waals surface area contributed by atoms with Crippen LogP contribution in [0.4, 0.5) is 6.01 Å². The number of aromatic nitrogens is 1. The Morgan fingerprint density at radius 2 is 2.33 bits per heavy atom. The first-order chi connectivity index (χ1) is 5.81. The summed E-state index contributed by atoms with van der Waals surface area (Å²) < 4.78 is 5.10. The van der Waals surface area contributed by atoms with Gasteiger partial charge in [0.25, 0.3) is 6.01 Å². The number of nitrogens with two attached hydrogens (primary N) is 1. The monoisotopic (exact) mass is 164 g/mol. The maximum absolute atomic E-state index is 8.92. The minimum Gasteiger partial charge on any atom is -0.423 e. The Morgan fingerprint density at radius 3 is 3.08 bits per heavy atom. The van der Waals surface area contributed by atoms with Crippen LogP contribution in [-0.4, -0.2) is 10.1 Å². The maximum atomic E-state index is 8.92. The van der Waals surface area contributed by atoms with Gasteiger partial charge in [-0.15, -0.1) is 0 Å². The van der Waals surface area contributed by atoms with Crippen LogP contribution < -0.4 is 5.73 Å². The number of rotatable bonds is 1. The number of hydrogen-bond acceptors (Lipinski definition) is 4. The predicted octanol–water partition coefficient (Wildman–Crippen LogP) is 0.902. The van der Waals surface area contributed by atoms with Crippen molar-refractivity contribution in [1.82, 2.24) is 4.98 Å². The second kappa shape index (κ2) is 2.49. The largest absolute Gasteiger partial charge is 0.423 e. The molecule has 1 aromatic heterocycles. The van der Waals surface area contributed by atoms with Gasteiger partial charge in [-0.25, -0.2) is 0 Å². The molecular formula is C8H8N2O2. The third-order valence-corrected chi connectivity index (χ3v) is 1.68. The predicted molar refractivity (Wildman–Crippen MR) is 44.3 cm³/mol. The molecule has 1 aromatic carbocycles. The summed E-state index contributed by atoms with van der Waals surface area (Å²) >= 11 is 0. The van der Waals surface area contributed by atoms with E-state index in [1.807, 2.05) is 0 Å². The zero-order valence-electron chi connectivity index (χ0n) is 6.32. The zero-order valence-corrected chi connectivity index (χ0v) is 6.32. The zero-order chi connectivity index (χ0) is 8.55. The highest BCUT2D eigenvalue weighted by atomic mass is 16.4. The standard InChI is InChI=1S/C8H8N2O2/c9-8-10-6-3-1-2-5(4-11)7(6)12-8/h1-3,11H,4H2,(H2,9,10). The molecule has 0 saturated heterocycles. The quantitative estimate of drug-likeness (QED) is 0.656. The van der Waals surface area contributed by atoms with Gasteiger partial charge in [-0.1, -0.05) is 12.1 Å². The van der Waals surface area contributed by atoms with Gasteiger partial charge < -0.3 is 15.3 Å². The summed E-state index contributed by atoms with van der Waals surface area (Å²) in [6, 6.07) is 5.49. The van der Waals surface area contributed by atoms with Crippen molar-refractivity contribution in [3.05, 3.63) is 23.8 Å². The molecule has 12 heavy (non-hydrogen) atoms. The van der Waals surface area contributed by atoms with Crippen LogP contribution >= 0.6 is 0 Å². The number of oxazole rings is 1. The average molecular weight is 164 g/mol. The van der Waals surface area contributed by atoms with E-state index in [9.17, 15) is 0 Å². The van der Waals surface area contributed by atoms with Gasteiger partial charge in [-0.2, -0.15) is 4.98 Å². The molecule has 0 aliphatic carbocycles. The first kappa shape index (κ1) is 7.12. The van der Waals surface area contributed by atoms with Crippen LogP contribution in [0.5, 0.6) is 0 Å². The molecule has 1 heterocycles. The summed E-state index contributed by atoms with van der Waals surface area (Å²) in [4.78, 5) is 3.92. The molecule has 0 aliphatic heterocycles. The Morgan fingerprint density at radius 1 is 1.50 bits per heavy atom. The lowest BCUT2D eigenvalue weighted by molar-refractivity contribution is 0.282. The number of para-hydroxylation sites is 1. The normalized spacial score (nSPS) is 10.8. The second-order valence-electron chi connectivity index (χ2n) is 2.48. The van der Waals surface area contributed by atoms with Gasteiger partial charge in [0.05, 0.1) is 6.61 Å². The fourth-order valence-electron chi connectivity index (χ4n) is 1.15. The molecule has 62 valence electrons. The molecule has 0 fully saturated rings. The minimum absolute atomic E-state index is 0.0635. The van der Waals surface area contributed by atoms with E-state index in [0.717, 1.165) is 0 Å². The van der Waals surface area contributed by atoms with Gasteiger partial charge in [-0.05, 0) is 6.07 Å². The Kier molecular flexibility index (Phi) is 1.48. The number of benzene rings is 1. The molecule has 0 unspecified atom stereocenters. The van der Waals surface area contributed by atoms with Crippen LogP contribution in [-0.2, 0) is 6.61 Å². The Balaban J connectivity index is 2.78. The molecule has 0 aliphatic rings. The summed E-state index contributed by atoms with van der Waals surface area (Å²) in [5.74, 6) is 0. The molecule has 2 aromatic rings. The number of nitrogens with zero attached hydrogens (tertiary/aromatic N) is 1. The molecule has 4 nitrogen and oxygen atoms in total. The van der Waals surface area contributed by atoms with Gasteiger partial charge in [0.1, 0.15) is 5.52 Å². The molecule has 0 spiro atoms. The first-order valence-corrected chi connectivity index (χ1v) is 3.56. The fraction of sp³-hybridized carbons (Fsp3) is 0.125. The molecule has 0 amide bonds. The number of fused-ring (bicyclic) bond motifs is 1. The van der Waals surface area contributed by atoms with Gasteiger partial charge in [-0.3, -0.25) is 0 Å². The fourth-order valence-corrected chi connectivity index (χ4v) is 1.15. The minimum atomic E-state index is -0.0635. The first-order valence-electron chi connectivity index (χ1n) is 3.56. The van der Waals surface area contributed by atoms with E-state index < -0.39 is 0 Å². The number of aliphatic hydroxyl groups excluding tert-OH is 1. The summed E-state index contributed by atoms with van der Waals surface area (Å²) in [7, 11) is 0. The van der Waals surface area contributed by atoms with Crippen LogP contribution in [0, 0.1) is 0 Å². The summed E-state index contributed by atoms with van der Waals surface area (Å²) in [6.45, 7) is -0.0635. The van der Waals surface area contributed by atoms with Crippen molar-refractivity contribution in [3.8, 4) is 0 Å². The molecule has 4 heteroatoms. The van der Waals surface area contributed by atoms with Crippen LogP contribution in [0.1, 0.15) is 5.56 Å². The van der Waals surface area contributed by atoms with Gasteiger partial charge in [0.15, 0.2) is 5.58 Å². The maximum Gasteiger partial charge on any atom is 0.292 e. The topological polar surface area (TPSA) is 72.3 Å². The van der Waals surface area contributed by atoms with E-state index in [1.54, 1.807) is 18.2 Å². The number of aliphatic hydroxyl groups is 1. The molecule has 2 rings (SSSR count). The Labute approximate surface area is 68.6 Å². The van der Waals surface area contributed by atoms with E-state index in [4.69, 9.17) is 15.3 Å². The van der Waals surface area contributed by atoms with E-state index in [2.05, 4.69) is 4.98 Å². The van der Waals surface area contributed by atoms with Crippen molar-refractivity contribution in [2.45, 2.75) is 6.61 Å². The molecule has 0 radical (unpaired) electrons. The SMILES string of the molecule is Nc1nc2cccc(CO)c2o1. The van der Waals surface area contributed by atoms with Crippen molar-refractivity contribution in [1.29, 1.82) is 0 Å². The van der Waals surface area contributed by atoms with Gasteiger partial charge >= 0.3 is 0 Å². The molecule has 0 atom stereocenters. The van der Waals surface area contributed by atoms with Crippen LogP contribution in [0.3, 0.4) is 0 Å². The lowest BCUT2D eigenvalue weighted by Gasteiger charge is -1.93. The third-order valence-electron chi connectivity index (χ3n) is 1.68. The van der Waals surface area contributed by atoms with Gasteiger partial charge in [0, 0.05) is 5.56 Å². The third kappa shape index (κ3) is 0.931. The molecule has 3 N–H and O–H groups in total. The molecular weight excluding hydrogens is 156 g/mol. The van der Waals surface area contributed by atoms with Crippen molar-refractivity contribution >= 4 is 17.1 Å².